The number of halogens is 3. The van der Waals surface area contributed by atoms with Gasteiger partial charge in [0.05, 0.1) is 11.3 Å². The molecule has 2 heterocycles. The predicted octanol–water partition coefficient (Wildman–Crippen LogP) is 5.82. The molecule has 1 aliphatic rings. The number of imidazole rings is 1. The molecule has 1 amide bonds. The van der Waals surface area contributed by atoms with Crippen LogP contribution in [-0.4, -0.2) is 31.9 Å². The summed E-state index contributed by atoms with van der Waals surface area (Å²) in [6.45, 7) is 1.90. The molecule has 0 saturated heterocycles. The summed E-state index contributed by atoms with van der Waals surface area (Å²) < 4.78 is 39.2. The number of H-pyrrole nitrogens is 1. The van der Waals surface area contributed by atoms with Crippen LogP contribution in [0.4, 0.5) is 42.1 Å². The number of amides is 1. The minimum atomic E-state index is -4.54. The third kappa shape index (κ3) is 5.14. The molecule has 1 fully saturated rings. The number of aromatic nitrogens is 4. The zero-order valence-electron chi connectivity index (χ0n) is 19.2. The van der Waals surface area contributed by atoms with E-state index in [-0.39, 0.29) is 5.56 Å². The van der Waals surface area contributed by atoms with Crippen molar-refractivity contribution in [2.45, 2.75) is 32.0 Å². The fourth-order valence-electron chi connectivity index (χ4n) is 3.68. The first-order valence-electron chi connectivity index (χ1n) is 11.3. The number of alkyl halides is 3. The second-order valence-corrected chi connectivity index (χ2v) is 8.46. The lowest BCUT2D eigenvalue weighted by Gasteiger charge is -2.24. The van der Waals surface area contributed by atoms with Crippen LogP contribution in [0.1, 0.15) is 34.3 Å². The lowest BCUT2D eigenvalue weighted by Crippen LogP contribution is -2.17. The van der Waals surface area contributed by atoms with Crippen LogP contribution in [0, 0.1) is 6.92 Å². The molecule has 0 spiro atoms. The summed E-state index contributed by atoms with van der Waals surface area (Å²) in [5, 5.41) is 6.04. The van der Waals surface area contributed by atoms with Gasteiger partial charge in [-0.25, -0.2) is 15.0 Å². The third-order valence-electron chi connectivity index (χ3n) is 5.67. The monoisotopic (exact) mass is 493 g/mol. The van der Waals surface area contributed by atoms with Crippen LogP contribution in [0.2, 0.25) is 0 Å². The number of hydrogen-bond donors (Lipinski definition) is 3. The third-order valence-corrected chi connectivity index (χ3v) is 5.67. The van der Waals surface area contributed by atoms with Crippen LogP contribution in [0.5, 0.6) is 0 Å². The molecule has 184 valence electrons. The topological polar surface area (TPSA) is 98.8 Å². The first-order chi connectivity index (χ1) is 17.3. The van der Waals surface area contributed by atoms with Crippen molar-refractivity contribution in [3.05, 3.63) is 83.9 Å². The Morgan fingerprint density at radius 2 is 1.92 bits per heavy atom. The minimum Gasteiger partial charge on any atom is -0.367 e. The van der Waals surface area contributed by atoms with Gasteiger partial charge in [-0.3, -0.25) is 9.69 Å². The first-order valence-corrected chi connectivity index (χ1v) is 11.3. The highest BCUT2D eigenvalue weighted by molar-refractivity contribution is 6.04. The number of carbonyl (C=O) groups is 1. The summed E-state index contributed by atoms with van der Waals surface area (Å²) >= 11 is 0. The number of rotatable bonds is 7. The van der Waals surface area contributed by atoms with Crippen molar-refractivity contribution in [3.63, 3.8) is 0 Å². The van der Waals surface area contributed by atoms with Crippen molar-refractivity contribution in [2.75, 3.05) is 15.5 Å². The molecule has 0 atom stereocenters. The van der Waals surface area contributed by atoms with Gasteiger partial charge in [0, 0.05) is 35.8 Å². The summed E-state index contributed by atoms with van der Waals surface area (Å²) in [4.78, 5) is 30.7. The highest BCUT2D eigenvalue weighted by Gasteiger charge is 2.31. The first kappa shape index (κ1) is 23.3. The molecular formula is C25H22F3N7O. The normalized spacial score (nSPS) is 13.3. The van der Waals surface area contributed by atoms with Crippen molar-refractivity contribution < 1.29 is 18.0 Å². The summed E-state index contributed by atoms with van der Waals surface area (Å²) in [5.74, 6) is 1.08. The van der Waals surface area contributed by atoms with E-state index in [1.165, 1.54) is 18.5 Å². The lowest BCUT2D eigenvalue weighted by molar-refractivity contribution is -0.137. The standard InChI is InChI=1S/C25H22F3N7O/c1-15-5-6-19(34-23(36)16-3-2-4-17(11-16)25(26,27)28)12-20(15)35(24-29-9-10-30-24)22-13-21(31-14-32-22)33-18-7-8-18/h2-6,9-14,18H,7-8H2,1H3,(H,29,30)(H,34,36)(H,31,32,33). The van der Waals surface area contributed by atoms with E-state index in [2.05, 4.69) is 30.6 Å². The summed E-state index contributed by atoms with van der Waals surface area (Å²) in [7, 11) is 0. The van der Waals surface area contributed by atoms with E-state index in [4.69, 9.17) is 0 Å². The quantitative estimate of drug-likeness (QED) is 0.300. The SMILES string of the molecule is Cc1ccc(NC(=O)c2cccc(C(F)(F)F)c2)cc1N(c1cc(NC2CC2)ncn1)c1ncc[nH]1. The van der Waals surface area contributed by atoms with E-state index in [0.29, 0.717) is 35.0 Å². The molecule has 4 aromatic rings. The molecule has 0 bridgehead atoms. The van der Waals surface area contributed by atoms with E-state index in [9.17, 15) is 18.0 Å². The highest BCUT2D eigenvalue weighted by atomic mass is 19.4. The van der Waals surface area contributed by atoms with Crippen LogP contribution >= 0.6 is 0 Å². The number of anilines is 5. The molecule has 8 nitrogen and oxygen atoms in total. The average molecular weight is 493 g/mol. The summed E-state index contributed by atoms with van der Waals surface area (Å²) in [6.07, 6.45) is 2.40. The van der Waals surface area contributed by atoms with Gasteiger partial charge < -0.3 is 15.6 Å². The number of aromatic amines is 1. The smallest absolute Gasteiger partial charge is 0.367 e. The van der Waals surface area contributed by atoms with Crippen LogP contribution < -0.4 is 15.5 Å². The Hall–Kier alpha value is -4.41. The molecule has 36 heavy (non-hydrogen) atoms. The summed E-state index contributed by atoms with van der Waals surface area (Å²) in [5.41, 5.74) is 0.950. The van der Waals surface area contributed by atoms with Crippen LogP contribution in [-0.2, 0) is 6.18 Å². The molecule has 3 N–H and O–H groups in total. The van der Waals surface area contributed by atoms with Gasteiger partial charge in [-0.1, -0.05) is 12.1 Å². The molecule has 2 aromatic heterocycles. The van der Waals surface area contributed by atoms with Gasteiger partial charge in [0.25, 0.3) is 5.91 Å². The van der Waals surface area contributed by atoms with Crippen molar-refractivity contribution in [3.8, 4) is 0 Å². The summed E-state index contributed by atoms with van der Waals surface area (Å²) in [6, 6.07) is 11.7. The Morgan fingerprint density at radius 3 is 2.64 bits per heavy atom. The maximum absolute atomic E-state index is 13.1. The molecule has 1 saturated carbocycles. The molecular weight excluding hydrogens is 471 g/mol. The van der Waals surface area contributed by atoms with Crippen molar-refractivity contribution >= 4 is 34.9 Å². The number of nitrogens with zero attached hydrogens (tertiary/aromatic N) is 4. The van der Waals surface area contributed by atoms with Crippen LogP contribution in [0.25, 0.3) is 0 Å². The van der Waals surface area contributed by atoms with E-state index in [1.54, 1.807) is 35.5 Å². The molecule has 5 rings (SSSR count). The van der Waals surface area contributed by atoms with Crippen molar-refractivity contribution in [1.29, 1.82) is 0 Å². The van der Waals surface area contributed by atoms with E-state index >= 15 is 0 Å². The Balaban J connectivity index is 1.47. The zero-order valence-corrected chi connectivity index (χ0v) is 19.2. The van der Waals surface area contributed by atoms with E-state index in [1.807, 2.05) is 13.0 Å². The minimum absolute atomic E-state index is 0.0959. The number of hydrogen-bond acceptors (Lipinski definition) is 6. The lowest BCUT2D eigenvalue weighted by atomic mass is 10.1. The van der Waals surface area contributed by atoms with Gasteiger partial charge in [-0.15, -0.1) is 0 Å². The Labute approximate surface area is 204 Å². The molecule has 0 aliphatic heterocycles. The average Bonchev–Trinajstić information content (AvgIpc) is 3.50. The Bertz CT molecular complexity index is 1380. The van der Waals surface area contributed by atoms with Gasteiger partial charge in [0.1, 0.15) is 18.0 Å². The Morgan fingerprint density at radius 1 is 1.08 bits per heavy atom. The fourth-order valence-corrected chi connectivity index (χ4v) is 3.68. The van der Waals surface area contributed by atoms with Gasteiger partial charge >= 0.3 is 6.18 Å². The van der Waals surface area contributed by atoms with Crippen LogP contribution in [0.15, 0.2) is 67.3 Å². The second-order valence-electron chi connectivity index (χ2n) is 8.46. The molecule has 11 heteroatoms. The van der Waals surface area contributed by atoms with E-state index < -0.39 is 17.6 Å². The number of nitrogens with one attached hydrogen (secondary N) is 3. The molecule has 1 aliphatic carbocycles. The van der Waals surface area contributed by atoms with Gasteiger partial charge in [0.2, 0.25) is 5.95 Å². The maximum Gasteiger partial charge on any atom is 0.416 e. The second kappa shape index (κ2) is 9.33. The number of aryl methyl sites for hydroxylation is 1. The largest absolute Gasteiger partial charge is 0.416 e. The molecule has 2 aromatic carbocycles. The van der Waals surface area contributed by atoms with E-state index in [0.717, 1.165) is 30.5 Å². The number of benzene rings is 2. The van der Waals surface area contributed by atoms with Crippen LogP contribution in [0.3, 0.4) is 0 Å². The number of carbonyl (C=O) groups excluding carboxylic acids is 1. The van der Waals surface area contributed by atoms with Crippen molar-refractivity contribution in [2.24, 2.45) is 0 Å². The predicted molar refractivity (Wildman–Crippen MR) is 130 cm³/mol. The van der Waals surface area contributed by atoms with Crippen molar-refractivity contribution in [1.82, 2.24) is 19.9 Å². The van der Waals surface area contributed by atoms with Gasteiger partial charge in [0.15, 0.2) is 0 Å². The highest BCUT2D eigenvalue weighted by Crippen LogP contribution is 2.36. The maximum atomic E-state index is 13.1. The zero-order chi connectivity index (χ0) is 25.3. The molecule has 0 unspecified atom stereocenters. The molecule has 0 radical (unpaired) electrons. The van der Waals surface area contributed by atoms with Gasteiger partial charge in [-0.05, 0) is 55.7 Å². The Kier molecular flexibility index (Phi) is 6.05. The van der Waals surface area contributed by atoms with Gasteiger partial charge in [-0.2, -0.15) is 13.2 Å². The fraction of sp³-hybridized carbons (Fsp3) is 0.200.